The van der Waals surface area contributed by atoms with Crippen LogP contribution in [0.3, 0.4) is 0 Å². The molecule has 5 heteroatoms. The van der Waals surface area contributed by atoms with Crippen LogP contribution in [0.25, 0.3) is 0 Å². The van der Waals surface area contributed by atoms with Gasteiger partial charge in [-0.1, -0.05) is 23.7 Å². The highest BCUT2D eigenvalue weighted by Gasteiger charge is 2.20. The van der Waals surface area contributed by atoms with E-state index in [9.17, 15) is 4.79 Å². The standard InChI is InChI=1S/C13H16BrClN2O/c1-16-5-7-17(8-6-16)12(18)9-10-3-2-4-11(15)13(10)14/h2-4H,5-9H2,1H3. The maximum absolute atomic E-state index is 12.2. The molecule has 0 bridgehead atoms. The van der Waals surface area contributed by atoms with E-state index in [2.05, 4.69) is 27.9 Å². The predicted molar refractivity (Wildman–Crippen MR) is 76.9 cm³/mol. The molecule has 0 saturated carbocycles. The highest BCUT2D eigenvalue weighted by atomic mass is 79.9. The molecule has 1 saturated heterocycles. The number of likely N-dealkylation sites (N-methyl/N-ethyl adjacent to an activating group) is 1. The first kappa shape index (κ1) is 13.8. The number of amides is 1. The number of halogens is 2. The minimum absolute atomic E-state index is 0.172. The molecule has 0 unspecified atom stereocenters. The third kappa shape index (κ3) is 3.25. The number of hydrogen-bond donors (Lipinski definition) is 0. The smallest absolute Gasteiger partial charge is 0.227 e. The van der Waals surface area contributed by atoms with Crippen molar-refractivity contribution in [2.75, 3.05) is 33.2 Å². The average molecular weight is 332 g/mol. The molecule has 0 N–H and O–H groups in total. The summed E-state index contributed by atoms with van der Waals surface area (Å²) >= 11 is 9.46. The third-order valence-corrected chi connectivity index (χ3v) is 4.71. The lowest BCUT2D eigenvalue weighted by Gasteiger charge is -2.32. The Morgan fingerprint density at radius 2 is 2.00 bits per heavy atom. The van der Waals surface area contributed by atoms with Gasteiger partial charge < -0.3 is 9.80 Å². The molecule has 1 heterocycles. The van der Waals surface area contributed by atoms with Gasteiger partial charge in [0.1, 0.15) is 0 Å². The third-order valence-electron chi connectivity index (χ3n) is 3.23. The Bertz CT molecular complexity index is 445. The van der Waals surface area contributed by atoms with Gasteiger partial charge in [0.05, 0.1) is 11.4 Å². The molecule has 3 nitrogen and oxygen atoms in total. The summed E-state index contributed by atoms with van der Waals surface area (Å²) in [4.78, 5) is 16.3. The summed E-state index contributed by atoms with van der Waals surface area (Å²) in [5.41, 5.74) is 0.950. The molecule has 2 rings (SSSR count). The number of nitrogens with zero attached hydrogens (tertiary/aromatic N) is 2. The molecule has 1 amide bonds. The largest absolute Gasteiger partial charge is 0.340 e. The molecule has 0 aromatic heterocycles. The van der Waals surface area contributed by atoms with Crippen molar-refractivity contribution in [1.82, 2.24) is 9.80 Å². The number of piperazine rings is 1. The van der Waals surface area contributed by atoms with Crippen molar-refractivity contribution in [3.63, 3.8) is 0 Å². The molecule has 18 heavy (non-hydrogen) atoms. The zero-order valence-corrected chi connectivity index (χ0v) is 12.7. The lowest BCUT2D eigenvalue weighted by Crippen LogP contribution is -2.47. The summed E-state index contributed by atoms with van der Waals surface area (Å²) < 4.78 is 0.828. The SMILES string of the molecule is CN1CCN(C(=O)Cc2cccc(Cl)c2Br)CC1. The highest BCUT2D eigenvalue weighted by Crippen LogP contribution is 2.26. The van der Waals surface area contributed by atoms with Crippen LogP contribution < -0.4 is 0 Å². The molecule has 0 spiro atoms. The Labute approximate surface area is 121 Å². The molecule has 0 radical (unpaired) electrons. The molecule has 0 aliphatic carbocycles. The zero-order valence-electron chi connectivity index (χ0n) is 10.3. The van der Waals surface area contributed by atoms with Crippen LogP contribution in [0.5, 0.6) is 0 Å². The summed E-state index contributed by atoms with van der Waals surface area (Å²) in [5.74, 6) is 0.172. The first-order valence-electron chi connectivity index (χ1n) is 5.97. The second-order valence-electron chi connectivity index (χ2n) is 4.57. The second-order valence-corrected chi connectivity index (χ2v) is 5.77. The van der Waals surface area contributed by atoms with Gasteiger partial charge in [-0.25, -0.2) is 0 Å². The molecule has 1 aromatic carbocycles. The van der Waals surface area contributed by atoms with Crippen molar-refractivity contribution < 1.29 is 4.79 Å². The van der Waals surface area contributed by atoms with Gasteiger partial charge in [0, 0.05) is 30.7 Å². The summed E-state index contributed by atoms with van der Waals surface area (Å²) in [6.45, 7) is 3.52. The lowest BCUT2D eigenvalue weighted by atomic mass is 10.1. The van der Waals surface area contributed by atoms with Crippen molar-refractivity contribution >= 4 is 33.4 Å². The van der Waals surface area contributed by atoms with Gasteiger partial charge in [-0.05, 0) is 34.6 Å². The van der Waals surface area contributed by atoms with Crippen molar-refractivity contribution in [3.05, 3.63) is 33.3 Å². The zero-order chi connectivity index (χ0) is 13.1. The van der Waals surface area contributed by atoms with Gasteiger partial charge in [0.25, 0.3) is 0 Å². The van der Waals surface area contributed by atoms with Crippen molar-refractivity contribution in [3.8, 4) is 0 Å². The monoisotopic (exact) mass is 330 g/mol. The Morgan fingerprint density at radius 1 is 1.33 bits per heavy atom. The Hall–Kier alpha value is -0.580. The van der Waals surface area contributed by atoms with Crippen LogP contribution in [0, 0.1) is 0 Å². The second kappa shape index (κ2) is 6.04. The molecule has 1 aromatic rings. The van der Waals surface area contributed by atoms with Gasteiger partial charge >= 0.3 is 0 Å². The lowest BCUT2D eigenvalue weighted by molar-refractivity contribution is -0.132. The average Bonchev–Trinajstić information content (AvgIpc) is 2.36. The van der Waals surface area contributed by atoms with Crippen LogP contribution in [0.1, 0.15) is 5.56 Å². The van der Waals surface area contributed by atoms with E-state index in [1.807, 2.05) is 23.1 Å². The maximum atomic E-state index is 12.2. The van der Waals surface area contributed by atoms with Crippen molar-refractivity contribution in [1.29, 1.82) is 0 Å². The van der Waals surface area contributed by atoms with Crippen LogP contribution in [-0.4, -0.2) is 48.9 Å². The predicted octanol–water partition coefficient (Wildman–Crippen LogP) is 2.42. The van der Waals surface area contributed by atoms with E-state index in [0.717, 1.165) is 36.2 Å². The fourth-order valence-corrected chi connectivity index (χ4v) is 2.61. The first-order chi connectivity index (χ1) is 8.58. The minimum Gasteiger partial charge on any atom is -0.340 e. The maximum Gasteiger partial charge on any atom is 0.227 e. The van der Waals surface area contributed by atoms with Gasteiger partial charge in [0.2, 0.25) is 5.91 Å². The van der Waals surface area contributed by atoms with Crippen molar-refractivity contribution in [2.24, 2.45) is 0 Å². The van der Waals surface area contributed by atoms with Gasteiger partial charge in [-0.15, -0.1) is 0 Å². The molecular weight excluding hydrogens is 316 g/mol. The normalized spacial score (nSPS) is 16.9. The minimum atomic E-state index is 0.172. The topological polar surface area (TPSA) is 23.6 Å². The van der Waals surface area contributed by atoms with E-state index in [1.165, 1.54) is 0 Å². The summed E-state index contributed by atoms with van der Waals surface area (Å²) in [7, 11) is 2.08. The Morgan fingerprint density at radius 3 is 2.67 bits per heavy atom. The fourth-order valence-electron chi connectivity index (χ4n) is 2.02. The first-order valence-corrected chi connectivity index (χ1v) is 7.14. The summed E-state index contributed by atoms with van der Waals surface area (Å²) in [6, 6.07) is 5.62. The van der Waals surface area contributed by atoms with Crippen molar-refractivity contribution in [2.45, 2.75) is 6.42 Å². The molecule has 1 fully saturated rings. The van der Waals surface area contributed by atoms with Gasteiger partial charge in [-0.3, -0.25) is 4.79 Å². The van der Waals surface area contributed by atoms with E-state index in [-0.39, 0.29) is 5.91 Å². The van der Waals surface area contributed by atoms with Gasteiger partial charge in [-0.2, -0.15) is 0 Å². The summed E-state index contributed by atoms with van der Waals surface area (Å²) in [5, 5.41) is 0.652. The highest BCUT2D eigenvalue weighted by molar-refractivity contribution is 9.10. The number of carbonyl (C=O) groups is 1. The molecule has 0 atom stereocenters. The Balaban J connectivity index is 2.01. The summed E-state index contributed by atoms with van der Waals surface area (Å²) in [6.07, 6.45) is 0.408. The van der Waals surface area contributed by atoms with E-state index in [0.29, 0.717) is 11.4 Å². The number of benzene rings is 1. The van der Waals surface area contributed by atoms with E-state index in [1.54, 1.807) is 0 Å². The quantitative estimate of drug-likeness (QED) is 0.831. The van der Waals surface area contributed by atoms with E-state index >= 15 is 0 Å². The number of carbonyl (C=O) groups excluding carboxylic acids is 1. The van der Waals surface area contributed by atoms with Crippen LogP contribution in [0.4, 0.5) is 0 Å². The molecular formula is C13H16BrClN2O. The van der Waals surface area contributed by atoms with Crippen LogP contribution in [0.15, 0.2) is 22.7 Å². The van der Waals surface area contributed by atoms with E-state index < -0.39 is 0 Å². The Kier molecular flexibility index (Phi) is 4.65. The van der Waals surface area contributed by atoms with E-state index in [4.69, 9.17) is 11.6 Å². The van der Waals surface area contributed by atoms with Gasteiger partial charge in [0.15, 0.2) is 0 Å². The fraction of sp³-hybridized carbons (Fsp3) is 0.462. The number of rotatable bonds is 2. The molecule has 1 aliphatic heterocycles. The molecule has 98 valence electrons. The number of hydrogen-bond acceptors (Lipinski definition) is 2. The van der Waals surface area contributed by atoms with Crippen LogP contribution in [0.2, 0.25) is 5.02 Å². The molecule has 1 aliphatic rings. The van der Waals surface area contributed by atoms with Crippen LogP contribution in [-0.2, 0) is 11.2 Å². The van der Waals surface area contributed by atoms with Crippen LogP contribution >= 0.6 is 27.5 Å².